The van der Waals surface area contributed by atoms with E-state index in [9.17, 15) is 0 Å². The second kappa shape index (κ2) is 4.85. The summed E-state index contributed by atoms with van der Waals surface area (Å²) in [5.41, 5.74) is 4.45. The number of rotatable bonds is 3. The summed E-state index contributed by atoms with van der Waals surface area (Å²) in [5, 5.41) is 1.52. The van der Waals surface area contributed by atoms with Crippen molar-refractivity contribution < 1.29 is 0 Å². The van der Waals surface area contributed by atoms with Crippen molar-refractivity contribution in [3.05, 3.63) is 28.5 Å². The number of aromatic nitrogens is 2. The average molecular weight is 251 g/mol. The van der Waals surface area contributed by atoms with Crippen LogP contribution in [0.3, 0.4) is 0 Å². The van der Waals surface area contributed by atoms with Crippen LogP contribution in [0.5, 0.6) is 0 Å². The van der Waals surface area contributed by atoms with Gasteiger partial charge in [-0.1, -0.05) is 24.6 Å². The molecule has 2 rings (SSSR count). The van der Waals surface area contributed by atoms with Crippen molar-refractivity contribution in [1.29, 1.82) is 0 Å². The minimum absolute atomic E-state index is 0.627. The Kier molecular flexibility index (Phi) is 3.45. The first-order valence-electron chi connectivity index (χ1n) is 5.59. The van der Waals surface area contributed by atoms with E-state index in [-0.39, 0.29) is 0 Å². The molecular formula is C12H15ClN4. The highest BCUT2D eigenvalue weighted by atomic mass is 35.5. The fourth-order valence-electron chi connectivity index (χ4n) is 1.85. The van der Waals surface area contributed by atoms with Crippen LogP contribution in [0.15, 0.2) is 12.1 Å². The Morgan fingerprint density at radius 3 is 2.76 bits per heavy atom. The van der Waals surface area contributed by atoms with Gasteiger partial charge in [0, 0.05) is 11.8 Å². The highest BCUT2D eigenvalue weighted by Gasteiger charge is 2.11. The summed E-state index contributed by atoms with van der Waals surface area (Å²) in [7, 11) is 0. The number of benzene rings is 1. The number of fused-ring (bicyclic) bond motifs is 1. The molecule has 0 radical (unpaired) electrons. The molecule has 1 heterocycles. The molecule has 1 aromatic heterocycles. The van der Waals surface area contributed by atoms with Gasteiger partial charge in [-0.15, -0.1) is 0 Å². The fourth-order valence-corrected chi connectivity index (χ4v) is 2.05. The molecule has 5 heteroatoms. The molecule has 3 N–H and O–H groups in total. The van der Waals surface area contributed by atoms with Crippen LogP contribution in [0.25, 0.3) is 10.9 Å². The normalized spacial score (nSPS) is 10.8. The van der Waals surface area contributed by atoms with Crippen LogP contribution in [-0.2, 0) is 6.42 Å². The summed E-state index contributed by atoms with van der Waals surface area (Å²) in [6.45, 7) is 4.07. The van der Waals surface area contributed by atoms with E-state index in [1.54, 1.807) is 0 Å². The van der Waals surface area contributed by atoms with Gasteiger partial charge in [0.15, 0.2) is 5.82 Å². The molecule has 0 saturated carbocycles. The summed E-state index contributed by atoms with van der Waals surface area (Å²) >= 11 is 6.17. The van der Waals surface area contributed by atoms with Crippen LogP contribution in [0.2, 0.25) is 5.02 Å². The standard InChI is InChI=1S/C12H15ClN4/c1-3-4-9-15-11-8(13)6-5-7(2)10(11)12(16-9)17-14/h5-6H,3-4,14H2,1-2H3,(H,15,16,17). The van der Waals surface area contributed by atoms with Gasteiger partial charge in [0.1, 0.15) is 5.82 Å². The van der Waals surface area contributed by atoms with Gasteiger partial charge in [-0.25, -0.2) is 15.8 Å². The number of nitrogens with zero attached hydrogens (tertiary/aromatic N) is 2. The molecular weight excluding hydrogens is 236 g/mol. The van der Waals surface area contributed by atoms with Crippen molar-refractivity contribution in [2.75, 3.05) is 5.43 Å². The van der Waals surface area contributed by atoms with E-state index >= 15 is 0 Å². The molecule has 0 aliphatic rings. The summed E-state index contributed by atoms with van der Waals surface area (Å²) in [6.07, 6.45) is 1.80. The number of nitrogens with two attached hydrogens (primary N) is 1. The molecule has 0 amide bonds. The Bertz CT molecular complexity index is 554. The number of nitrogens with one attached hydrogen (secondary N) is 1. The van der Waals surface area contributed by atoms with E-state index in [1.165, 1.54) is 0 Å². The zero-order valence-corrected chi connectivity index (χ0v) is 10.7. The van der Waals surface area contributed by atoms with Gasteiger partial charge >= 0.3 is 0 Å². The highest BCUT2D eigenvalue weighted by Crippen LogP contribution is 2.29. The Morgan fingerprint density at radius 2 is 2.12 bits per heavy atom. The number of nitrogen functional groups attached to an aromatic ring is 1. The van der Waals surface area contributed by atoms with E-state index in [0.717, 1.165) is 35.1 Å². The van der Waals surface area contributed by atoms with Crippen LogP contribution in [0.4, 0.5) is 5.82 Å². The smallest absolute Gasteiger partial charge is 0.151 e. The monoisotopic (exact) mass is 250 g/mol. The number of hydrogen-bond donors (Lipinski definition) is 2. The molecule has 1 aromatic carbocycles. The van der Waals surface area contributed by atoms with Crippen LogP contribution >= 0.6 is 11.6 Å². The largest absolute Gasteiger partial charge is 0.308 e. The number of aryl methyl sites for hydroxylation is 2. The van der Waals surface area contributed by atoms with Gasteiger partial charge in [-0.2, -0.15) is 0 Å². The van der Waals surface area contributed by atoms with Crippen LogP contribution in [0.1, 0.15) is 24.7 Å². The van der Waals surface area contributed by atoms with Crippen LogP contribution < -0.4 is 11.3 Å². The lowest BCUT2D eigenvalue weighted by atomic mass is 10.1. The third kappa shape index (κ3) is 2.18. The lowest BCUT2D eigenvalue weighted by Gasteiger charge is -2.10. The molecule has 0 spiro atoms. The molecule has 0 unspecified atom stereocenters. The van der Waals surface area contributed by atoms with Gasteiger partial charge in [0.2, 0.25) is 0 Å². The maximum absolute atomic E-state index is 6.17. The first-order chi connectivity index (χ1) is 8.17. The lowest BCUT2D eigenvalue weighted by molar-refractivity contribution is 0.844. The quantitative estimate of drug-likeness (QED) is 0.650. The van der Waals surface area contributed by atoms with Crippen molar-refractivity contribution in [1.82, 2.24) is 9.97 Å². The maximum atomic E-state index is 6.17. The first kappa shape index (κ1) is 12.1. The average Bonchev–Trinajstić information content (AvgIpc) is 2.33. The molecule has 0 aliphatic carbocycles. The van der Waals surface area contributed by atoms with Gasteiger partial charge in [-0.05, 0) is 25.0 Å². The van der Waals surface area contributed by atoms with Crippen LogP contribution in [-0.4, -0.2) is 9.97 Å². The molecule has 90 valence electrons. The summed E-state index contributed by atoms with van der Waals surface area (Å²) < 4.78 is 0. The number of hydrazine groups is 1. The zero-order chi connectivity index (χ0) is 12.4. The van der Waals surface area contributed by atoms with E-state index in [2.05, 4.69) is 22.3 Å². The third-order valence-corrected chi connectivity index (χ3v) is 2.97. The minimum atomic E-state index is 0.627. The topological polar surface area (TPSA) is 63.8 Å². The predicted molar refractivity (Wildman–Crippen MR) is 71.1 cm³/mol. The maximum Gasteiger partial charge on any atom is 0.151 e. The van der Waals surface area contributed by atoms with E-state index in [0.29, 0.717) is 10.8 Å². The molecule has 0 bridgehead atoms. The van der Waals surface area contributed by atoms with E-state index in [4.69, 9.17) is 17.4 Å². The fraction of sp³-hybridized carbons (Fsp3) is 0.333. The summed E-state index contributed by atoms with van der Waals surface area (Å²) in [4.78, 5) is 8.90. The number of hydrogen-bond acceptors (Lipinski definition) is 4. The molecule has 0 atom stereocenters. The summed E-state index contributed by atoms with van der Waals surface area (Å²) in [5.74, 6) is 6.92. The van der Waals surface area contributed by atoms with Crippen molar-refractivity contribution in [2.45, 2.75) is 26.7 Å². The second-order valence-electron chi connectivity index (χ2n) is 3.97. The number of anilines is 1. The molecule has 17 heavy (non-hydrogen) atoms. The number of halogens is 1. The van der Waals surface area contributed by atoms with Crippen molar-refractivity contribution in [2.24, 2.45) is 5.84 Å². The lowest BCUT2D eigenvalue weighted by Crippen LogP contribution is -2.12. The minimum Gasteiger partial charge on any atom is -0.308 e. The third-order valence-electron chi connectivity index (χ3n) is 2.67. The molecule has 0 fully saturated rings. The Morgan fingerprint density at radius 1 is 1.35 bits per heavy atom. The van der Waals surface area contributed by atoms with E-state index in [1.807, 2.05) is 19.1 Å². The molecule has 0 aliphatic heterocycles. The second-order valence-corrected chi connectivity index (χ2v) is 4.38. The highest BCUT2D eigenvalue weighted by molar-refractivity contribution is 6.35. The summed E-state index contributed by atoms with van der Waals surface area (Å²) in [6, 6.07) is 3.79. The van der Waals surface area contributed by atoms with Gasteiger partial charge in [0.25, 0.3) is 0 Å². The Balaban J connectivity index is 2.77. The van der Waals surface area contributed by atoms with Gasteiger partial charge < -0.3 is 5.43 Å². The van der Waals surface area contributed by atoms with Crippen molar-refractivity contribution in [3.8, 4) is 0 Å². The Labute approximate surface area is 105 Å². The van der Waals surface area contributed by atoms with Gasteiger partial charge in [-0.3, -0.25) is 0 Å². The first-order valence-corrected chi connectivity index (χ1v) is 5.97. The van der Waals surface area contributed by atoms with Crippen molar-refractivity contribution >= 4 is 28.3 Å². The molecule has 0 saturated heterocycles. The molecule has 4 nitrogen and oxygen atoms in total. The van der Waals surface area contributed by atoms with E-state index < -0.39 is 0 Å². The Hall–Kier alpha value is -1.39. The van der Waals surface area contributed by atoms with Gasteiger partial charge in [0.05, 0.1) is 10.5 Å². The predicted octanol–water partition coefficient (Wildman–Crippen LogP) is 2.83. The van der Waals surface area contributed by atoms with Crippen molar-refractivity contribution in [3.63, 3.8) is 0 Å². The molecule has 2 aromatic rings. The SMILES string of the molecule is CCCc1nc(NN)c2c(C)ccc(Cl)c2n1. The zero-order valence-electron chi connectivity index (χ0n) is 9.92. The van der Waals surface area contributed by atoms with Crippen LogP contribution in [0, 0.1) is 6.92 Å².